The van der Waals surface area contributed by atoms with Crippen LogP contribution in [0.4, 0.5) is 5.69 Å². The lowest BCUT2D eigenvalue weighted by atomic mass is 10.2. The summed E-state index contributed by atoms with van der Waals surface area (Å²) in [5, 5.41) is 10.3. The molecule has 0 bridgehead atoms. The van der Waals surface area contributed by atoms with E-state index < -0.39 is 0 Å². The van der Waals surface area contributed by atoms with Gasteiger partial charge in [0.2, 0.25) is 0 Å². The van der Waals surface area contributed by atoms with Crippen LogP contribution in [0.1, 0.15) is 5.56 Å². The van der Waals surface area contributed by atoms with Crippen molar-refractivity contribution in [3.8, 4) is 11.8 Å². The first-order chi connectivity index (χ1) is 11.3. The molecule has 6 heteroatoms. The Bertz CT molecular complexity index is 707. The Kier molecular flexibility index (Phi) is 5.01. The Labute approximate surface area is 139 Å². The normalized spacial score (nSPS) is 14.3. The molecule has 0 aliphatic carbocycles. The molecule has 1 aliphatic rings. The van der Waals surface area contributed by atoms with E-state index in [-0.39, 0.29) is 0 Å². The number of hydrogen-bond donors (Lipinski definition) is 0. The second kappa shape index (κ2) is 7.36. The van der Waals surface area contributed by atoms with E-state index in [4.69, 9.17) is 9.47 Å². The SMILES string of the molecule is COc1ccc(Sc2nccc(N3CCOCC3)c2C#N)cc1. The van der Waals surface area contributed by atoms with Gasteiger partial charge >= 0.3 is 0 Å². The maximum atomic E-state index is 9.61. The standard InChI is InChI=1S/C17H17N3O2S/c1-21-13-2-4-14(5-3-13)23-17-15(12-18)16(6-7-19-17)20-8-10-22-11-9-20/h2-7H,8-11H2,1H3. The van der Waals surface area contributed by atoms with Crippen LogP contribution in [0.5, 0.6) is 5.75 Å². The molecule has 1 aliphatic heterocycles. The minimum absolute atomic E-state index is 0.621. The summed E-state index contributed by atoms with van der Waals surface area (Å²) < 4.78 is 10.6. The molecule has 0 saturated carbocycles. The third-order valence-electron chi connectivity index (χ3n) is 3.63. The number of methoxy groups -OCH3 is 1. The van der Waals surface area contributed by atoms with Crippen molar-refractivity contribution >= 4 is 17.4 Å². The molecule has 1 fully saturated rings. The highest BCUT2D eigenvalue weighted by atomic mass is 32.2. The molecule has 0 unspecified atom stereocenters. The Balaban J connectivity index is 1.88. The van der Waals surface area contributed by atoms with E-state index in [1.807, 2.05) is 30.3 Å². The van der Waals surface area contributed by atoms with Crippen LogP contribution in [-0.2, 0) is 4.74 Å². The number of nitriles is 1. The zero-order valence-electron chi connectivity index (χ0n) is 12.9. The molecular formula is C17H17N3O2S. The van der Waals surface area contributed by atoms with Gasteiger partial charge in [-0.15, -0.1) is 0 Å². The quantitative estimate of drug-likeness (QED) is 0.860. The minimum Gasteiger partial charge on any atom is -0.497 e. The second-order valence-corrected chi connectivity index (χ2v) is 6.06. The second-order valence-electron chi connectivity index (χ2n) is 5.00. The number of aromatic nitrogens is 1. The summed E-state index contributed by atoms with van der Waals surface area (Å²) in [6.07, 6.45) is 1.76. The number of morpholine rings is 1. The fraction of sp³-hybridized carbons (Fsp3) is 0.294. The van der Waals surface area contributed by atoms with Crippen LogP contribution in [0.15, 0.2) is 46.5 Å². The average Bonchev–Trinajstić information content (AvgIpc) is 2.63. The lowest BCUT2D eigenvalue weighted by Gasteiger charge is -2.29. The van der Waals surface area contributed by atoms with Gasteiger partial charge in [-0.05, 0) is 30.3 Å². The average molecular weight is 327 g/mol. The molecule has 23 heavy (non-hydrogen) atoms. The number of rotatable bonds is 4. The van der Waals surface area contributed by atoms with Crippen LogP contribution in [0.2, 0.25) is 0 Å². The van der Waals surface area contributed by atoms with E-state index in [0.29, 0.717) is 18.8 Å². The maximum Gasteiger partial charge on any atom is 0.121 e. The van der Waals surface area contributed by atoms with Crippen molar-refractivity contribution in [1.29, 1.82) is 5.26 Å². The van der Waals surface area contributed by atoms with Gasteiger partial charge in [0.15, 0.2) is 0 Å². The Morgan fingerprint density at radius 2 is 1.96 bits per heavy atom. The van der Waals surface area contributed by atoms with Gasteiger partial charge < -0.3 is 14.4 Å². The van der Waals surface area contributed by atoms with E-state index in [1.54, 1.807) is 13.3 Å². The first-order valence-corrected chi connectivity index (χ1v) is 8.17. The van der Waals surface area contributed by atoms with Gasteiger partial charge in [-0.25, -0.2) is 4.98 Å². The smallest absolute Gasteiger partial charge is 0.121 e. The summed E-state index contributed by atoms with van der Waals surface area (Å²) in [4.78, 5) is 7.60. The van der Waals surface area contributed by atoms with Crippen molar-refractivity contribution < 1.29 is 9.47 Å². The summed E-state index contributed by atoms with van der Waals surface area (Å²) in [6, 6.07) is 12.0. The monoisotopic (exact) mass is 327 g/mol. The fourth-order valence-corrected chi connectivity index (χ4v) is 3.30. The molecule has 0 spiro atoms. The molecular weight excluding hydrogens is 310 g/mol. The molecule has 1 saturated heterocycles. The highest BCUT2D eigenvalue weighted by Crippen LogP contribution is 2.34. The summed E-state index contributed by atoms with van der Waals surface area (Å²) in [5.41, 5.74) is 1.55. The van der Waals surface area contributed by atoms with Crippen molar-refractivity contribution in [1.82, 2.24) is 4.98 Å². The van der Waals surface area contributed by atoms with E-state index >= 15 is 0 Å². The van der Waals surface area contributed by atoms with E-state index in [0.717, 1.165) is 34.4 Å². The van der Waals surface area contributed by atoms with Crippen LogP contribution in [0.25, 0.3) is 0 Å². The zero-order valence-corrected chi connectivity index (χ0v) is 13.7. The minimum atomic E-state index is 0.621. The highest BCUT2D eigenvalue weighted by Gasteiger charge is 2.18. The molecule has 0 N–H and O–H groups in total. The predicted molar refractivity (Wildman–Crippen MR) is 89.1 cm³/mol. The number of anilines is 1. The van der Waals surface area contributed by atoms with Crippen molar-refractivity contribution in [3.63, 3.8) is 0 Å². The van der Waals surface area contributed by atoms with Crippen LogP contribution in [0.3, 0.4) is 0 Å². The van der Waals surface area contributed by atoms with Gasteiger partial charge in [-0.1, -0.05) is 11.8 Å². The lowest BCUT2D eigenvalue weighted by Crippen LogP contribution is -2.36. The molecule has 1 aromatic heterocycles. The van der Waals surface area contributed by atoms with Gasteiger partial charge in [0.25, 0.3) is 0 Å². The molecule has 118 valence electrons. The summed E-state index contributed by atoms with van der Waals surface area (Å²) in [5.74, 6) is 0.810. The van der Waals surface area contributed by atoms with Crippen LogP contribution in [-0.4, -0.2) is 38.4 Å². The number of hydrogen-bond acceptors (Lipinski definition) is 6. The van der Waals surface area contributed by atoms with Crippen LogP contribution in [0, 0.1) is 11.3 Å². The zero-order chi connectivity index (χ0) is 16.1. The van der Waals surface area contributed by atoms with Gasteiger partial charge in [0.05, 0.1) is 26.0 Å². The highest BCUT2D eigenvalue weighted by molar-refractivity contribution is 7.99. The molecule has 0 amide bonds. The summed E-state index contributed by atoms with van der Waals surface area (Å²) in [7, 11) is 1.64. The number of ether oxygens (including phenoxy) is 2. The Hall–Kier alpha value is -2.23. The first-order valence-electron chi connectivity index (χ1n) is 7.35. The summed E-state index contributed by atoms with van der Waals surface area (Å²) >= 11 is 1.49. The van der Waals surface area contributed by atoms with E-state index in [1.165, 1.54) is 11.8 Å². The lowest BCUT2D eigenvalue weighted by molar-refractivity contribution is 0.122. The topological polar surface area (TPSA) is 58.4 Å². The first kappa shape index (κ1) is 15.7. The predicted octanol–water partition coefficient (Wildman–Crippen LogP) is 2.95. The molecule has 2 aromatic rings. The van der Waals surface area contributed by atoms with Gasteiger partial charge in [-0.3, -0.25) is 0 Å². The molecule has 2 heterocycles. The third-order valence-corrected chi connectivity index (χ3v) is 4.64. The number of pyridine rings is 1. The van der Waals surface area contributed by atoms with Gasteiger partial charge in [0, 0.05) is 24.2 Å². The molecule has 5 nitrogen and oxygen atoms in total. The number of benzene rings is 1. The maximum absolute atomic E-state index is 9.61. The molecule has 0 atom stereocenters. The van der Waals surface area contributed by atoms with Crippen molar-refractivity contribution in [2.24, 2.45) is 0 Å². The van der Waals surface area contributed by atoms with E-state index in [9.17, 15) is 5.26 Å². The van der Waals surface area contributed by atoms with Crippen LogP contribution < -0.4 is 9.64 Å². The largest absolute Gasteiger partial charge is 0.497 e. The molecule has 3 rings (SSSR count). The molecule has 1 aromatic carbocycles. The van der Waals surface area contributed by atoms with Gasteiger partial charge in [-0.2, -0.15) is 5.26 Å². The van der Waals surface area contributed by atoms with Crippen molar-refractivity contribution in [2.75, 3.05) is 38.3 Å². The number of nitrogens with zero attached hydrogens (tertiary/aromatic N) is 3. The van der Waals surface area contributed by atoms with E-state index in [2.05, 4.69) is 16.0 Å². The van der Waals surface area contributed by atoms with Crippen molar-refractivity contribution in [2.45, 2.75) is 9.92 Å². The van der Waals surface area contributed by atoms with Gasteiger partial charge in [0.1, 0.15) is 22.4 Å². The Morgan fingerprint density at radius 1 is 1.22 bits per heavy atom. The van der Waals surface area contributed by atoms with Crippen LogP contribution >= 0.6 is 11.8 Å². The molecule has 0 radical (unpaired) electrons. The summed E-state index contributed by atoms with van der Waals surface area (Å²) in [6.45, 7) is 2.97. The van der Waals surface area contributed by atoms with Crippen molar-refractivity contribution in [3.05, 3.63) is 42.1 Å². The fourth-order valence-electron chi connectivity index (χ4n) is 2.44. The Morgan fingerprint density at radius 3 is 2.61 bits per heavy atom. The third kappa shape index (κ3) is 3.58.